The van der Waals surface area contributed by atoms with Crippen LogP contribution in [0.4, 0.5) is 0 Å². The second-order valence-corrected chi connectivity index (χ2v) is 9.50. The number of benzene rings is 1. The Morgan fingerprint density at radius 1 is 1.04 bits per heavy atom. The van der Waals surface area contributed by atoms with Gasteiger partial charge in [0.05, 0.1) is 27.7 Å². The maximum atomic E-state index is 12.8. The topological polar surface area (TPSA) is 67.4 Å². The largest absolute Gasteiger partial charge is 0.497 e. The van der Waals surface area contributed by atoms with E-state index in [0.717, 1.165) is 22.1 Å². The third-order valence-corrected chi connectivity index (χ3v) is 7.97. The molecule has 2 aliphatic heterocycles. The molecule has 0 spiro atoms. The number of hydrogen-bond acceptors (Lipinski definition) is 7. The van der Waals surface area contributed by atoms with Crippen LogP contribution in [0.1, 0.15) is 31.2 Å². The van der Waals surface area contributed by atoms with E-state index in [-0.39, 0.29) is 28.2 Å². The van der Waals surface area contributed by atoms with E-state index in [9.17, 15) is 9.59 Å². The van der Waals surface area contributed by atoms with E-state index in [0.29, 0.717) is 24.5 Å². The van der Waals surface area contributed by atoms with Crippen LogP contribution in [0, 0.1) is 0 Å². The van der Waals surface area contributed by atoms with Gasteiger partial charge >= 0.3 is 0 Å². The van der Waals surface area contributed by atoms with Crippen molar-refractivity contribution in [1.29, 1.82) is 0 Å². The van der Waals surface area contributed by atoms with E-state index in [1.54, 1.807) is 30.6 Å². The Kier molecular flexibility index (Phi) is 5.14. The van der Waals surface area contributed by atoms with Crippen molar-refractivity contribution in [3.05, 3.63) is 39.6 Å². The Labute approximate surface area is 161 Å². The Bertz CT molecular complexity index is 743. The lowest BCUT2D eigenvalue weighted by Crippen LogP contribution is -2.55. The van der Waals surface area contributed by atoms with Crippen molar-refractivity contribution in [2.75, 3.05) is 13.7 Å². The average Bonchev–Trinajstić information content (AvgIpc) is 3.03. The number of hydrogen-bond donors (Lipinski definition) is 2. The highest BCUT2D eigenvalue weighted by atomic mass is 32.2. The molecule has 3 fully saturated rings. The molecule has 5 nitrogen and oxygen atoms in total. The predicted octanol–water partition coefficient (Wildman–Crippen LogP) is 2.64. The number of ether oxygens (including phenoxy) is 1. The van der Waals surface area contributed by atoms with Crippen LogP contribution in [0.25, 0.3) is 0 Å². The first kappa shape index (κ1) is 18.1. The van der Waals surface area contributed by atoms with Crippen LogP contribution >= 0.6 is 23.5 Å². The number of rotatable bonds is 2. The molecule has 1 aromatic carbocycles. The molecule has 4 rings (SSSR count). The minimum absolute atomic E-state index is 0.0243. The first-order valence-corrected chi connectivity index (χ1v) is 10.6. The average molecular weight is 391 g/mol. The van der Waals surface area contributed by atoms with Gasteiger partial charge in [-0.05, 0) is 30.5 Å². The highest BCUT2D eigenvalue weighted by Gasteiger charge is 2.41. The molecule has 0 amide bonds. The van der Waals surface area contributed by atoms with Crippen LogP contribution in [0.15, 0.2) is 34.1 Å². The van der Waals surface area contributed by atoms with Crippen LogP contribution < -0.4 is 15.4 Å². The van der Waals surface area contributed by atoms with E-state index in [1.165, 1.54) is 0 Å². The molecule has 3 unspecified atom stereocenters. The summed E-state index contributed by atoms with van der Waals surface area (Å²) in [6, 6.07) is 8.05. The van der Waals surface area contributed by atoms with Gasteiger partial charge in [-0.1, -0.05) is 35.7 Å². The summed E-state index contributed by atoms with van der Waals surface area (Å²) in [6.45, 7) is 3.04. The number of fused-ring (bicyclic) bond motifs is 1. The third-order valence-electron chi connectivity index (χ3n) is 5.03. The summed E-state index contributed by atoms with van der Waals surface area (Å²) in [5.41, 5.74) is 1.45. The van der Waals surface area contributed by atoms with Gasteiger partial charge in [0.15, 0.2) is 11.6 Å². The van der Waals surface area contributed by atoms with E-state index in [2.05, 4.69) is 17.6 Å². The minimum atomic E-state index is -0.0415. The monoisotopic (exact) mass is 390 g/mol. The van der Waals surface area contributed by atoms with Crippen LogP contribution in [0.3, 0.4) is 0 Å². The van der Waals surface area contributed by atoms with E-state index in [4.69, 9.17) is 4.74 Å². The van der Waals surface area contributed by atoms with E-state index in [1.807, 2.05) is 24.3 Å². The van der Waals surface area contributed by atoms with Gasteiger partial charge in [-0.3, -0.25) is 14.9 Å². The molecular formula is C19H22N2O3S2. The maximum Gasteiger partial charge on any atom is 0.168 e. The second-order valence-electron chi connectivity index (χ2n) is 6.94. The zero-order valence-corrected chi connectivity index (χ0v) is 16.4. The summed E-state index contributed by atoms with van der Waals surface area (Å²) in [4.78, 5) is 25.6. The number of nitrogens with one attached hydrogen (secondary N) is 2. The lowest BCUT2D eigenvalue weighted by Gasteiger charge is -2.30. The molecule has 2 heterocycles. The maximum absolute atomic E-state index is 12.8. The molecule has 0 radical (unpaired) electrons. The lowest BCUT2D eigenvalue weighted by atomic mass is 9.80. The van der Waals surface area contributed by atoms with E-state index < -0.39 is 0 Å². The number of Topliss-reactive ketones (excluding diaryl/α,β-unsaturated/α-hetero) is 2. The molecule has 26 heavy (non-hydrogen) atoms. The van der Waals surface area contributed by atoms with Crippen molar-refractivity contribution in [2.45, 2.75) is 42.5 Å². The molecular weight excluding hydrogens is 368 g/mol. The molecule has 2 N–H and O–H groups in total. The molecule has 0 bridgehead atoms. The van der Waals surface area contributed by atoms with Gasteiger partial charge in [0.1, 0.15) is 5.75 Å². The zero-order valence-electron chi connectivity index (χ0n) is 14.8. The van der Waals surface area contributed by atoms with Crippen LogP contribution in [-0.2, 0) is 9.59 Å². The molecule has 2 saturated heterocycles. The Morgan fingerprint density at radius 2 is 1.69 bits per heavy atom. The normalized spacial score (nSPS) is 31.9. The molecule has 0 aromatic heterocycles. The molecule has 138 valence electrons. The van der Waals surface area contributed by atoms with Gasteiger partial charge in [0.25, 0.3) is 0 Å². The number of methoxy groups -OCH3 is 1. The van der Waals surface area contributed by atoms with Crippen molar-refractivity contribution in [2.24, 2.45) is 0 Å². The van der Waals surface area contributed by atoms with Gasteiger partial charge in [0.2, 0.25) is 0 Å². The Hall–Kier alpha value is -1.28. The summed E-state index contributed by atoms with van der Waals surface area (Å²) in [5.74, 6) is 0.688. The quantitative estimate of drug-likeness (QED) is 0.594. The van der Waals surface area contributed by atoms with Crippen molar-refractivity contribution < 1.29 is 14.3 Å². The van der Waals surface area contributed by atoms with Crippen molar-refractivity contribution in [3.63, 3.8) is 0 Å². The first-order valence-electron chi connectivity index (χ1n) is 8.82. The number of thioether (sulfide) groups is 2. The van der Waals surface area contributed by atoms with Gasteiger partial charge in [0, 0.05) is 25.4 Å². The Morgan fingerprint density at radius 3 is 2.35 bits per heavy atom. The summed E-state index contributed by atoms with van der Waals surface area (Å²) in [7, 11) is 1.63. The van der Waals surface area contributed by atoms with E-state index >= 15 is 0 Å². The number of ketones is 2. The van der Waals surface area contributed by atoms with Crippen LogP contribution in [0.2, 0.25) is 0 Å². The number of carbonyl (C=O) groups excluding carboxylic acids is 2. The highest BCUT2D eigenvalue weighted by molar-refractivity contribution is 8.26. The van der Waals surface area contributed by atoms with Crippen molar-refractivity contribution in [1.82, 2.24) is 10.6 Å². The van der Waals surface area contributed by atoms with Gasteiger partial charge in [-0.15, -0.1) is 0 Å². The number of carbonyl (C=O) groups is 2. The molecule has 3 aliphatic rings. The summed E-state index contributed by atoms with van der Waals surface area (Å²) < 4.78 is 6.06. The van der Waals surface area contributed by atoms with Gasteiger partial charge < -0.3 is 10.1 Å². The number of allylic oxidation sites excluding steroid dienone is 1. The van der Waals surface area contributed by atoms with Crippen LogP contribution in [-0.4, -0.2) is 42.0 Å². The Balaban J connectivity index is 1.52. The van der Waals surface area contributed by atoms with Gasteiger partial charge in [-0.2, -0.15) is 0 Å². The molecule has 3 atom stereocenters. The standard InChI is InChI=1S/C19H22N2O3S2/c1-10-9-20-17-18(21-10)26-19(25-17)16-14(22)7-12(8-15(16)23)11-3-5-13(24-2)6-4-11/h3-6,10,12,17-18,20-21H,7-9H2,1-2H3. The zero-order chi connectivity index (χ0) is 18.3. The lowest BCUT2D eigenvalue weighted by molar-refractivity contribution is -0.124. The fourth-order valence-corrected chi connectivity index (χ4v) is 6.85. The smallest absolute Gasteiger partial charge is 0.168 e. The van der Waals surface area contributed by atoms with Crippen molar-refractivity contribution in [3.8, 4) is 5.75 Å². The number of piperazine rings is 1. The SMILES string of the molecule is COc1ccc(C2CC(=O)C(=C3SC4NCC(C)NC4S3)C(=O)C2)cc1. The predicted molar refractivity (Wildman–Crippen MR) is 105 cm³/mol. The van der Waals surface area contributed by atoms with Gasteiger partial charge in [-0.25, -0.2) is 0 Å². The highest BCUT2D eigenvalue weighted by Crippen LogP contribution is 2.49. The molecule has 1 aromatic rings. The minimum Gasteiger partial charge on any atom is -0.497 e. The second kappa shape index (κ2) is 7.38. The molecule has 7 heteroatoms. The summed E-state index contributed by atoms with van der Waals surface area (Å²) in [6.07, 6.45) is 0.787. The first-order chi connectivity index (χ1) is 12.5. The summed E-state index contributed by atoms with van der Waals surface area (Å²) in [5, 5.41) is 7.45. The molecule has 1 aliphatic carbocycles. The summed E-state index contributed by atoms with van der Waals surface area (Å²) >= 11 is 3.25. The fraction of sp³-hybridized carbons (Fsp3) is 0.474. The molecule has 1 saturated carbocycles. The third kappa shape index (κ3) is 3.45. The van der Waals surface area contributed by atoms with Crippen LogP contribution in [0.5, 0.6) is 5.75 Å². The fourth-order valence-electron chi connectivity index (χ4n) is 3.62. The van der Waals surface area contributed by atoms with Crippen molar-refractivity contribution >= 4 is 35.1 Å².